The van der Waals surface area contributed by atoms with Crippen LogP contribution in [0.4, 0.5) is 0 Å². The molecule has 0 amide bonds. The van der Waals surface area contributed by atoms with Crippen molar-refractivity contribution in [3.63, 3.8) is 0 Å². The lowest BCUT2D eigenvalue weighted by Gasteiger charge is -2.06. The van der Waals surface area contributed by atoms with Crippen molar-refractivity contribution in [1.29, 1.82) is 0 Å². The van der Waals surface area contributed by atoms with Crippen LogP contribution in [-0.2, 0) is 4.79 Å². The van der Waals surface area contributed by atoms with Gasteiger partial charge in [0.05, 0.1) is 0 Å². The summed E-state index contributed by atoms with van der Waals surface area (Å²) < 4.78 is 0. The molecule has 0 fully saturated rings. The third-order valence-corrected chi connectivity index (χ3v) is 2.11. The van der Waals surface area contributed by atoms with Gasteiger partial charge in [-0.15, -0.1) is 0 Å². The summed E-state index contributed by atoms with van der Waals surface area (Å²) in [6.07, 6.45) is 1.90. The topological polar surface area (TPSA) is 17.1 Å². The van der Waals surface area contributed by atoms with E-state index in [1.54, 1.807) is 0 Å². The number of hydrogen-bond donors (Lipinski definition) is 0. The molecule has 1 aromatic rings. The fourth-order valence-electron chi connectivity index (χ4n) is 1.22. The summed E-state index contributed by atoms with van der Waals surface area (Å²) in [7, 11) is 2.05. The molecular weight excluding hydrogens is 147 g/mol. The third-order valence-electron chi connectivity index (χ3n) is 2.11. The predicted molar refractivity (Wildman–Crippen MR) is 53.7 cm³/mol. The third kappa shape index (κ3) is 1.97. The van der Waals surface area contributed by atoms with E-state index in [1.807, 2.05) is 39.0 Å². The summed E-state index contributed by atoms with van der Waals surface area (Å²) in [5.74, 6) is 0.0746. The molecule has 1 unspecified atom stereocenters. The molecule has 12 heavy (non-hydrogen) atoms. The Labute approximate surface area is 74.2 Å². The number of carbonyl (C=O) groups excluding carboxylic acids is 1. The number of carbonyl (C=O) groups is 1. The number of aldehydes is 1. The van der Waals surface area contributed by atoms with E-state index in [2.05, 4.69) is 0 Å². The maximum Gasteiger partial charge on any atom is 0.139 e. The smallest absolute Gasteiger partial charge is 0.139 e. The van der Waals surface area contributed by atoms with Crippen molar-refractivity contribution < 1.29 is 4.79 Å². The molecule has 1 nitrogen and oxygen atoms in total. The summed E-state index contributed by atoms with van der Waals surface area (Å²) in [5, 5.41) is 0. The quantitative estimate of drug-likeness (QED) is 0.468. The predicted octanol–water partition coefficient (Wildman–Crippen LogP) is 0.637. The van der Waals surface area contributed by atoms with Crippen LogP contribution in [0.1, 0.15) is 24.8 Å². The Morgan fingerprint density at radius 2 is 2.00 bits per heavy atom. The molecule has 0 aliphatic carbocycles. The Morgan fingerprint density at radius 3 is 2.42 bits per heavy atom. The lowest BCUT2D eigenvalue weighted by Crippen LogP contribution is -2.04. The molecule has 0 spiro atoms. The van der Waals surface area contributed by atoms with Gasteiger partial charge in [0.25, 0.3) is 0 Å². The zero-order valence-electron chi connectivity index (χ0n) is 7.58. The van der Waals surface area contributed by atoms with Crippen molar-refractivity contribution >= 4 is 19.6 Å². The van der Waals surface area contributed by atoms with Crippen molar-refractivity contribution in [2.45, 2.75) is 19.3 Å². The van der Waals surface area contributed by atoms with E-state index in [0.29, 0.717) is 0 Å². The highest BCUT2D eigenvalue weighted by molar-refractivity contribution is 6.32. The van der Waals surface area contributed by atoms with Gasteiger partial charge in [0.1, 0.15) is 14.1 Å². The van der Waals surface area contributed by atoms with Gasteiger partial charge in [0, 0.05) is 5.92 Å². The standard InChI is InChI=1S/C10H13BO/c1-2-8(7-12)9-3-5-10(11)6-4-9/h3-8H,2,11H2,1H3. The summed E-state index contributed by atoms with van der Waals surface area (Å²) in [4.78, 5) is 10.6. The second-order valence-electron chi connectivity index (χ2n) is 3.06. The molecule has 62 valence electrons. The van der Waals surface area contributed by atoms with Crippen LogP contribution >= 0.6 is 0 Å². The van der Waals surface area contributed by atoms with Crippen LogP contribution < -0.4 is 5.46 Å². The summed E-state index contributed by atoms with van der Waals surface area (Å²) in [5.41, 5.74) is 2.36. The molecule has 0 aliphatic heterocycles. The molecule has 2 heteroatoms. The van der Waals surface area contributed by atoms with Crippen LogP contribution in [0, 0.1) is 0 Å². The second-order valence-corrected chi connectivity index (χ2v) is 3.06. The monoisotopic (exact) mass is 160 g/mol. The highest BCUT2D eigenvalue weighted by atomic mass is 16.1. The fraction of sp³-hybridized carbons (Fsp3) is 0.300. The van der Waals surface area contributed by atoms with Crippen LogP contribution in [0.3, 0.4) is 0 Å². The van der Waals surface area contributed by atoms with Gasteiger partial charge in [-0.25, -0.2) is 0 Å². The van der Waals surface area contributed by atoms with E-state index < -0.39 is 0 Å². The first-order valence-corrected chi connectivity index (χ1v) is 4.29. The Balaban J connectivity index is 2.87. The normalized spacial score (nSPS) is 12.4. The highest BCUT2D eigenvalue weighted by Crippen LogP contribution is 2.14. The minimum Gasteiger partial charge on any atom is -0.303 e. The molecule has 0 aromatic heterocycles. The van der Waals surface area contributed by atoms with Gasteiger partial charge >= 0.3 is 0 Å². The summed E-state index contributed by atoms with van der Waals surface area (Å²) >= 11 is 0. The first-order valence-electron chi connectivity index (χ1n) is 4.29. The van der Waals surface area contributed by atoms with Crippen LogP contribution in [-0.4, -0.2) is 14.1 Å². The Hall–Kier alpha value is -1.05. The Morgan fingerprint density at radius 1 is 1.42 bits per heavy atom. The molecule has 0 N–H and O–H groups in total. The van der Waals surface area contributed by atoms with E-state index in [1.165, 1.54) is 5.46 Å². The summed E-state index contributed by atoms with van der Waals surface area (Å²) in [6, 6.07) is 8.14. The minimum absolute atomic E-state index is 0.0746. The van der Waals surface area contributed by atoms with E-state index in [0.717, 1.165) is 18.3 Å². The van der Waals surface area contributed by atoms with Crippen LogP contribution in [0.2, 0.25) is 0 Å². The van der Waals surface area contributed by atoms with Crippen LogP contribution in [0.15, 0.2) is 24.3 Å². The first kappa shape index (κ1) is 9.05. The van der Waals surface area contributed by atoms with Crippen molar-refractivity contribution in [3.05, 3.63) is 29.8 Å². The van der Waals surface area contributed by atoms with Crippen LogP contribution in [0.5, 0.6) is 0 Å². The molecule has 1 atom stereocenters. The highest BCUT2D eigenvalue weighted by Gasteiger charge is 2.05. The number of benzene rings is 1. The van der Waals surface area contributed by atoms with E-state index in [4.69, 9.17) is 0 Å². The van der Waals surface area contributed by atoms with Gasteiger partial charge in [0.15, 0.2) is 0 Å². The molecule has 0 saturated heterocycles. The van der Waals surface area contributed by atoms with Crippen molar-refractivity contribution in [2.24, 2.45) is 0 Å². The van der Waals surface area contributed by atoms with E-state index >= 15 is 0 Å². The molecule has 0 aliphatic rings. The average Bonchev–Trinajstić information content (AvgIpc) is 2.10. The van der Waals surface area contributed by atoms with Gasteiger partial charge in [-0.05, 0) is 12.0 Å². The zero-order valence-corrected chi connectivity index (χ0v) is 7.58. The lowest BCUT2D eigenvalue weighted by atomic mass is 9.91. The van der Waals surface area contributed by atoms with Crippen molar-refractivity contribution in [2.75, 3.05) is 0 Å². The van der Waals surface area contributed by atoms with Gasteiger partial charge in [-0.2, -0.15) is 0 Å². The number of rotatable bonds is 3. The maximum absolute atomic E-state index is 10.6. The lowest BCUT2D eigenvalue weighted by molar-refractivity contribution is -0.109. The SMILES string of the molecule is Bc1ccc(C(C=O)CC)cc1. The van der Waals surface area contributed by atoms with Gasteiger partial charge in [-0.1, -0.05) is 36.7 Å². The Bertz CT molecular complexity index is 253. The molecule has 1 rings (SSSR count). The zero-order chi connectivity index (χ0) is 8.97. The average molecular weight is 160 g/mol. The van der Waals surface area contributed by atoms with Crippen LogP contribution in [0.25, 0.3) is 0 Å². The van der Waals surface area contributed by atoms with E-state index in [-0.39, 0.29) is 5.92 Å². The maximum atomic E-state index is 10.6. The fourth-order valence-corrected chi connectivity index (χ4v) is 1.22. The largest absolute Gasteiger partial charge is 0.303 e. The Kier molecular flexibility index (Phi) is 3.09. The van der Waals surface area contributed by atoms with Gasteiger partial charge in [0.2, 0.25) is 0 Å². The molecule has 0 radical (unpaired) electrons. The molecule has 1 aromatic carbocycles. The first-order chi connectivity index (χ1) is 5.77. The minimum atomic E-state index is 0.0746. The molecule has 0 heterocycles. The van der Waals surface area contributed by atoms with Crippen molar-refractivity contribution in [1.82, 2.24) is 0 Å². The van der Waals surface area contributed by atoms with E-state index in [9.17, 15) is 4.79 Å². The van der Waals surface area contributed by atoms with Gasteiger partial charge in [-0.3, -0.25) is 0 Å². The molecular formula is C10H13BO. The summed E-state index contributed by atoms with van der Waals surface area (Å²) in [6.45, 7) is 2.03. The van der Waals surface area contributed by atoms with Crippen molar-refractivity contribution in [3.8, 4) is 0 Å². The number of hydrogen-bond acceptors (Lipinski definition) is 1. The molecule has 0 bridgehead atoms. The second kappa shape index (κ2) is 4.10. The molecule has 0 saturated carbocycles. The van der Waals surface area contributed by atoms with Gasteiger partial charge < -0.3 is 4.79 Å².